The minimum Gasteiger partial charge on any atom is -0.340 e. The minimum absolute atomic E-state index is 0.391. The largest absolute Gasteiger partial charge is 0.340 e. The molecule has 98 valence electrons. The number of carbonyl (C=O) groups is 1. The first-order valence-electron chi connectivity index (χ1n) is 7.27. The Balaban J connectivity index is 1.72. The lowest BCUT2D eigenvalue weighted by atomic mass is 9.94. The van der Waals surface area contributed by atoms with Crippen LogP contribution in [-0.2, 0) is 4.79 Å². The molecule has 0 aromatic rings. The van der Waals surface area contributed by atoms with E-state index in [4.69, 9.17) is 0 Å². The Bertz CT molecular complexity index is 249. The lowest BCUT2D eigenvalue weighted by Crippen LogP contribution is -2.42. The number of hydrogen-bond acceptors (Lipinski definition) is 2. The number of nitrogens with one attached hydrogen (secondary N) is 1. The molecule has 1 N–H and O–H groups in total. The molecule has 3 nitrogen and oxygen atoms in total. The number of likely N-dealkylation sites (tertiary alicyclic amines) is 1. The number of rotatable bonds is 3. The van der Waals surface area contributed by atoms with E-state index < -0.39 is 0 Å². The fraction of sp³-hybridized carbons (Fsp3) is 0.929. The zero-order chi connectivity index (χ0) is 12.1. The van der Waals surface area contributed by atoms with E-state index in [2.05, 4.69) is 17.1 Å². The van der Waals surface area contributed by atoms with E-state index in [-0.39, 0.29) is 0 Å². The molecule has 0 spiro atoms. The molecule has 0 radical (unpaired) electrons. The topological polar surface area (TPSA) is 32.3 Å². The Kier molecular flexibility index (Phi) is 4.84. The minimum atomic E-state index is 0.391. The van der Waals surface area contributed by atoms with Gasteiger partial charge in [-0.1, -0.05) is 0 Å². The molecule has 0 saturated carbocycles. The molecule has 2 heterocycles. The Morgan fingerprint density at radius 2 is 2.18 bits per heavy atom. The molecule has 2 aliphatic heterocycles. The predicted molar refractivity (Wildman–Crippen MR) is 69.9 cm³/mol. The first kappa shape index (κ1) is 12.9. The first-order chi connectivity index (χ1) is 8.27. The van der Waals surface area contributed by atoms with Crippen molar-refractivity contribution in [2.24, 2.45) is 5.92 Å². The molecule has 0 aromatic carbocycles. The van der Waals surface area contributed by atoms with Crippen LogP contribution in [0.2, 0.25) is 0 Å². The monoisotopic (exact) mass is 238 g/mol. The molecular weight excluding hydrogens is 212 g/mol. The van der Waals surface area contributed by atoms with Crippen LogP contribution in [0.5, 0.6) is 0 Å². The summed E-state index contributed by atoms with van der Waals surface area (Å²) < 4.78 is 0. The summed E-state index contributed by atoms with van der Waals surface area (Å²) in [7, 11) is 0. The van der Waals surface area contributed by atoms with Gasteiger partial charge in [0.15, 0.2) is 0 Å². The molecule has 3 heteroatoms. The van der Waals surface area contributed by atoms with E-state index in [1.54, 1.807) is 0 Å². The maximum atomic E-state index is 12.2. The van der Waals surface area contributed by atoms with Crippen LogP contribution in [0.1, 0.15) is 51.9 Å². The summed E-state index contributed by atoms with van der Waals surface area (Å²) in [6.07, 6.45) is 8.09. The molecule has 2 aliphatic rings. The SMILES string of the molecule is CC1CCCCN1C(=O)CCC1CCCNC1. The summed E-state index contributed by atoms with van der Waals surface area (Å²) in [6, 6.07) is 0.473. The molecule has 1 amide bonds. The highest BCUT2D eigenvalue weighted by molar-refractivity contribution is 5.76. The van der Waals surface area contributed by atoms with Crippen LogP contribution in [0.25, 0.3) is 0 Å². The van der Waals surface area contributed by atoms with Crippen molar-refractivity contribution in [2.45, 2.75) is 57.9 Å². The number of piperidine rings is 2. The van der Waals surface area contributed by atoms with Crippen molar-refractivity contribution in [1.29, 1.82) is 0 Å². The summed E-state index contributed by atoms with van der Waals surface area (Å²) in [5.74, 6) is 1.12. The van der Waals surface area contributed by atoms with Gasteiger partial charge in [0.05, 0.1) is 0 Å². The molecule has 2 rings (SSSR count). The molecule has 0 aromatic heterocycles. The van der Waals surface area contributed by atoms with E-state index in [9.17, 15) is 4.79 Å². The molecule has 2 fully saturated rings. The van der Waals surface area contributed by atoms with Gasteiger partial charge in [-0.25, -0.2) is 0 Å². The van der Waals surface area contributed by atoms with Crippen LogP contribution in [-0.4, -0.2) is 36.5 Å². The third-order valence-corrected chi connectivity index (χ3v) is 4.29. The smallest absolute Gasteiger partial charge is 0.222 e. The van der Waals surface area contributed by atoms with Crippen LogP contribution in [0.3, 0.4) is 0 Å². The second kappa shape index (κ2) is 6.39. The van der Waals surface area contributed by atoms with Gasteiger partial charge in [-0.2, -0.15) is 0 Å². The van der Waals surface area contributed by atoms with Crippen LogP contribution >= 0.6 is 0 Å². The normalized spacial score (nSPS) is 30.3. The van der Waals surface area contributed by atoms with Crippen molar-refractivity contribution in [2.75, 3.05) is 19.6 Å². The quantitative estimate of drug-likeness (QED) is 0.817. The van der Waals surface area contributed by atoms with Crippen molar-refractivity contribution >= 4 is 5.91 Å². The van der Waals surface area contributed by atoms with Crippen LogP contribution in [0.4, 0.5) is 0 Å². The molecule has 0 aliphatic carbocycles. The maximum Gasteiger partial charge on any atom is 0.222 e. The van der Waals surface area contributed by atoms with Crippen molar-refractivity contribution in [3.8, 4) is 0 Å². The van der Waals surface area contributed by atoms with E-state index in [0.29, 0.717) is 11.9 Å². The summed E-state index contributed by atoms with van der Waals surface area (Å²) in [4.78, 5) is 14.3. The molecule has 2 saturated heterocycles. The Labute approximate surface area is 105 Å². The van der Waals surface area contributed by atoms with Gasteiger partial charge in [-0.05, 0) is 64.5 Å². The van der Waals surface area contributed by atoms with Crippen molar-refractivity contribution in [3.05, 3.63) is 0 Å². The molecule has 2 atom stereocenters. The second-order valence-electron chi connectivity index (χ2n) is 5.68. The summed E-state index contributed by atoms with van der Waals surface area (Å²) >= 11 is 0. The average Bonchev–Trinajstić information content (AvgIpc) is 2.38. The highest BCUT2D eigenvalue weighted by Gasteiger charge is 2.23. The Hall–Kier alpha value is -0.570. The van der Waals surface area contributed by atoms with Gasteiger partial charge in [0.1, 0.15) is 0 Å². The first-order valence-corrected chi connectivity index (χ1v) is 7.27. The van der Waals surface area contributed by atoms with E-state index >= 15 is 0 Å². The highest BCUT2D eigenvalue weighted by Crippen LogP contribution is 2.20. The van der Waals surface area contributed by atoms with Gasteiger partial charge in [-0.15, -0.1) is 0 Å². The average molecular weight is 238 g/mol. The summed E-state index contributed by atoms with van der Waals surface area (Å²) in [5, 5.41) is 3.42. The second-order valence-corrected chi connectivity index (χ2v) is 5.68. The van der Waals surface area contributed by atoms with Gasteiger partial charge >= 0.3 is 0 Å². The van der Waals surface area contributed by atoms with Crippen LogP contribution < -0.4 is 5.32 Å². The number of nitrogens with zero attached hydrogens (tertiary/aromatic N) is 1. The zero-order valence-electron chi connectivity index (χ0n) is 11.1. The van der Waals surface area contributed by atoms with Crippen LogP contribution in [0.15, 0.2) is 0 Å². The predicted octanol–water partition coefficient (Wildman–Crippen LogP) is 2.17. The fourth-order valence-corrected chi connectivity index (χ4v) is 3.11. The number of carbonyl (C=O) groups excluding carboxylic acids is 1. The van der Waals surface area contributed by atoms with Crippen molar-refractivity contribution < 1.29 is 4.79 Å². The zero-order valence-corrected chi connectivity index (χ0v) is 11.1. The Morgan fingerprint density at radius 3 is 2.88 bits per heavy atom. The van der Waals surface area contributed by atoms with Gasteiger partial charge < -0.3 is 10.2 Å². The third-order valence-electron chi connectivity index (χ3n) is 4.29. The summed E-state index contributed by atoms with van der Waals surface area (Å²) in [6.45, 7) is 5.46. The standard InChI is InChI=1S/C14H26N2O/c1-12-5-2-3-10-16(12)14(17)8-7-13-6-4-9-15-11-13/h12-13,15H,2-11H2,1H3. The van der Waals surface area contributed by atoms with Crippen molar-refractivity contribution in [3.63, 3.8) is 0 Å². The van der Waals surface area contributed by atoms with Crippen molar-refractivity contribution in [1.82, 2.24) is 10.2 Å². The number of hydrogen-bond donors (Lipinski definition) is 1. The summed E-state index contributed by atoms with van der Waals surface area (Å²) in [5.41, 5.74) is 0. The van der Waals surface area contributed by atoms with E-state index in [1.165, 1.54) is 32.1 Å². The van der Waals surface area contributed by atoms with E-state index in [1.807, 2.05) is 0 Å². The van der Waals surface area contributed by atoms with Gasteiger partial charge in [0, 0.05) is 19.0 Å². The highest BCUT2D eigenvalue weighted by atomic mass is 16.2. The fourth-order valence-electron chi connectivity index (χ4n) is 3.11. The molecular formula is C14H26N2O. The van der Waals surface area contributed by atoms with Gasteiger partial charge in [0.25, 0.3) is 0 Å². The van der Waals surface area contributed by atoms with Gasteiger partial charge in [0.2, 0.25) is 5.91 Å². The van der Waals surface area contributed by atoms with Crippen LogP contribution in [0, 0.1) is 5.92 Å². The Morgan fingerprint density at radius 1 is 1.29 bits per heavy atom. The van der Waals surface area contributed by atoms with Gasteiger partial charge in [-0.3, -0.25) is 4.79 Å². The maximum absolute atomic E-state index is 12.2. The lowest BCUT2D eigenvalue weighted by molar-refractivity contribution is -0.134. The molecule has 0 bridgehead atoms. The third kappa shape index (κ3) is 3.70. The lowest BCUT2D eigenvalue weighted by Gasteiger charge is -2.34. The molecule has 17 heavy (non-hydrogen) atoms. The molecule has 2 unspecified atom stereocenters. The number of amides is 1. The van der Waals surface area contributed by atoms with E-state index in [0.717, 1.165) is 38.4 Å².